The average Bonchev–Trinajstić information content (AvgIpc) is 2.95. The van der Waals surface area contributed by atoms with Crippen LogP contribution in [0.1, 0.15) is 29.5 Å². The van der Waals surface area contributed by atoms with Crippen LogP contribution in [0.5, 0.6) is 0 Å². The van der Waals surface area contributed by atoms with Crippen LogP contribution in [0.25, 0.3) is 0 Å². The Labute approximate surface area is 243 Å². The molecule has 3 aromatic rings. The van der Waals surface area contributed by atoms with E-state index in [9.17, 15) is 28.0 Å². The van der Waals surface area contributed by atoms with E-state index in [1.807, 2.05) is 30.3 Å². The molecular formula is C30H23ClF3N3O3S. The molecule has 4 rings (SSSR count). The number of alkyl halides is 3. The Hall–Kier alpha value is -4.20. The zero-order valence-corrected chi connectivity index (χ0v) is 23.2. The lowest BCUT2D eigenvalue weighted by atomic mass is 9.82. The molecule has 11 heteroatoms. The minimum absolute atomic E-state index is 0.00456. The van der Waals surface area contributed by atoms with Gasteiger partial charge < -0.3 is 15.4 Å². The minimum Gasteiger partial charge on any atom is -0.457 e. The lowest BCUT2D eigenvalue weighted by Gasteiger charge is -2.29. The number of hydrogen-bond donors (Lipinski definition) is 2. The van der Waals surface area contributed by atoms with E-state index in [2.05, 4.69) is 16.7 Å². The molecule has 0 saturated carbocycles. The quantitative estimate of drug-likeness (QED) is 0.268. The number of nitrogens with zero attached hydrogens (tertiary/aromatic N) is 1. The Kier molecular flexibility index (Phi) is 9.42. The Bertz CT molecular complexity index is 1550. The normalized spacial score (nSPS) is 15.2. The Morgan fingerprint density at radius 3 is 2.44 bits per heavy atom. The van der Waals surface area contributed by atoms with E-state index in [4.69, 9.17) is 16.3 Å². The predicted octanol–water partition coefficient (Wildman–Crippen LogP) is 7.17. The molecule has 0 saturated heterocycles. The van der Waals surface area contributed by atoms with Gasteiger partial charge in [0.2, 0.25) is 5.91 Å². The number of rotatable bonds is 8. The number of ether oxygens (including phenoxy) is 1. The van der Waals surface area contributed by atoms with Gasteiger partial charge >= 0.3 is 12.1 Å². The van der Waals surface area contributed by atoms with E-state index in [1.54, 1.807) is 31.2 Å². The summed E-state index contributed by atoms with van der Waals surface area (Å²) in [6, 6.07) is 22.3. The molecule has 41 heavy (non-hydrogen) atoms. The number of esters is 1. The molecule has 1 unspecified atom stereocenters. The van der Waals surface area contributed by atoms with Gasteiger partial charge in [0.25, 0.3) is 0 Å². The fourth-order valence-electron chi connectivity index (χ4n) is 4.19. The molecule has 0 aromatic heterocycles. The summed E-state index contributed by atoms with van der Waals surface area (Å²) in [6.45, 7) is 1.70. The van der Waals surface area contributed by atoms with Crippen LogP contribution in [0.15, 0.2) is 101 Å². The number of dihydropyridines is 1. The number of anilines is 1. The summed E-state index contributed by atoms with van der Waals surface area (Å²) in [5.41, 5.74) is 1.37. The van der Waals surface area contributed by atoms with E-state index in [0.29, 0.717) is 21.3 Å². The van der Waals surface area contributed by atoms with Crippen LogP contribution in [0.3, 0.4) is 0 Å². The van der Waals surface area contributed by atoms with Crippen LogP contribution in [0, 0.1) is 11.3 Å². The number of nitrogens with one attached hydrogen (secondary N) is 2. The van der Waals surface area contributed by atoms with Crippen LogP contribution < -0.4 is 10.6 Å². The van der Waals surface area contributed by atoms with Gasteiger partial charge in [0.05, 0.1) is 39.5 Å². The first-order chi connectivity index (χ1) is 19.6. The molecule has 0 radical (unpaired) electrons. The summed E-state index contributed by atoms with van der Waals surface area (Å²) in [5.74, 6) is -2.20. The molecule has 6 nitrogen and oxygen atoms in total. The van der Waals surface area contributed by atoms with Gasteiger partial charge in [-0.15, -0.1) is 0 Å². The summed E-state index contributed by atoms with van der Waals surface area (Å²) < 4.78 is 44.7. The number of thioether (sulfide) groups is 1. The molecule has 0 aliphatic carbocycles. The summed E-state index contributed by atoms with van der Waals surface area (Å²) in [7, 11) is 0. The highest BCUT2D eigenvalue weighted by Crippen LogP contribution is 2.41. The first-order valence-corrected chi connectivity index (χ1v) is 13.6. The van der Waals surface area contributed by atoms with Crippen molar-refractivity contribution in [1.82, 2.24) is 5.32 Å². The second kappa shape index (κ2) is 13.0. The number of amides is 1. The number of benzene rings is 3. The molecule has 1 aliphatic heterocycles. The Balaban J connectivity index is 1.57. The van der Waals surface area contributed by atoms with E-state index in [1.165, 1.54) is 12.1 Å². The average molecular weight is 598 g/mol. The summed E-state index contributed by atoms with van der Waals surface area (Å²) >= 11 is 7.07. The van der Waals surface area contributed by atoms with Gasteiger partial charge in [-0.25, -0.2) is 4.79 Å². The van der Waals surface area contributed by atoms with E-state index < -0.39 is 29.5 Å². The minimum atomic E-state index is -4.55. The van der Waals surface area contributed by atoms with E-state index in [-0.39, 0.29) is 29.2 Å². The van der Waals surface area contributed by atoms with Gasteiger partial charge in [-0.1, -0.05) is 71.9 Å². The van der Waals surface area contributed by atoms with Crippen molar-refractivity contribution in [3.05, 3.63) is 122 Å². The lowest BCUT2D eigenvalue weighted by molar-refractivity contribution is -0.140. The van der Waals surface area contributed by atoms with Gasteiger partial charge in [-0.05, 0) is 48.4 Å². The van der Waals surface area contributed by atoms with Crippen molar-refractivity contribution in [3.8, 4) is 6.07 Å². The molecule has 0 fully saturated rings. The third kappa shape index (κ3) is 7.51. The molecule has 1 atom stereocenters. The zero-order chi connectivity index (χ0) is 29.6. The van der Waals surface area contributed by atoms with Crippen molar-refractivity contribution in [2.24, 2.45) is 0 Å². The molecular weight excluding hydrogens is 575 g/mol. The van der Waals surface area contributed by atoms with Crippen molar-refractivity contribution in [2.45, 2.75) is 25.6 Å². The highest BCUT2D eigenvalue weighted by atomic mass is 35.5. The maximum Gasteiger partial charge on any atom is 0.416 e. The number of hydrogen-bond acceptors (Lipinski definition) is 6. The SMILES string of the molecule is CC1=C(C(=O)OCc2ccccc2)C(c2ccc(Cl)cc2)C(C#N)=C(SCC(=O)Nc2cccc(C(F)(F)F)c2)N1. The Morgan fingerprint density at radius 2 is 1.78 bits per heavy atom. The molecule has 0 spiro atoms. The second-order valence-corrected chi connectivity index (χ2v) is 10.4. The third-order valence-corrected chi connectivity index (χ3v) is 7.37. The third-order valence-electron chi connectivity index (χ3n) is 6.10. The molecule has 1 heterocycles. The summed E-state index contributed by atoms with van der Waals surface area (Å²) in [4.78, 5) is 26.0. The van der Waals surface area contributed by atoms with Crippen molar-refractivity contribution in [2.75, 3.05) is 11.1 Å². The molecule has 0 bridgehead atoms. The van der Waals surface area contributed by atoms with Crippen molar-refractivity contribution in [3.63, 3.8) is 0 Å². The first-order valence-electron chi connectivity index (χ1n) is 12.2. The van der Waals surface area contributed by atoms with Gasteiger partial charge in [-0.3, -0.25) is 4.79 Å². The van der Waals surface area contributed by atoms with E-state index in [0.717, 1.165) is 29.5 Å². The molecule has 1 aliphatic rings. The largest absolute Gasteiger partial charge is 0.457 e. The number of allylic oxidation sites excluding steroid dienone is 2. The van der Waals surface area contributed by atoms with Gasteiger partial charge in [0, 0.05) is 16.4 Å². The maximum absolute atomic E-state index is 13.3. The molecule has 1 amide bonds. The topological polar surface area (TPSA) is 91.2 Å². The lowest BCUT2D eigenvalue weighted by Crippen LogP contribution is -2.29. The Morgan fingerprint density at radius 1 is 1.07 bits per heavy atom. The number of halogens is 4. The van der Waals surface area contributed by atoms with Crippen LogP contribution in [0.4, 0.5) is 18.9 Å². The maximum atomic E-state index is 13.3. The summed E-state index contributed by atoms with van der Waals surface area (Å²) in [6.07, 6.45) is -4.55. The van der Waals surface area contributed by atoms with Crippen molar-refractivity contribution in [1.29, 1.82) is 5.26 Å². The molecule has 2 N–H and O–H groups in total. The standard InChI is InChI=1S/C30H23ClF3N3O3S/c1-18-26(29(39)40-16-19-6-3-2-4-7-19)27(20-10-12-22(31)13-11-20)24(15-35)28(36-18)41-17-25(38)37-23-9-5-8-21(14-23)30(32,33)34/h2-14,27,36H,16-17H2,1H3,(H,37,38). The van der Waals surface area contributed by atoms with Crippen LogP contribution in [-0.4, -0.2) is 17.6 Å². The van der Waals surface area contributed by atoms with E-state index >= 15 is 0 Å². The predicted molar refractivity (Wildman–Crippen MR) is 151 cm³/mol. The molecule has 3 aromatic carbocycles. The fraction of sp³-hybridized carbons (Fsp3) is 0.167. The van der Waals surface area contributed by atoms with Gasteiger partial charge in [-0.2, -0.15) is 18.4 Å². The smallest absolute Gasteiger partial charge is 0.416 e. The fourth-order valence-corrected chi connectivity index (χ4v) is 5.21. The van der Waals surface area contributed by atoms with Crippen LogP contribution in [0.2, 0.25) is 5.02 Å². The molecule has 210 valence electrons. The second-order valence-electron chi connectivity index (χ2n) is 8.98. The first kappa shape index (κ1) is 29.8. The number of carbonyl (C=O) groups excluding carboxylic acids is 2. The monoisotopic (exact) mass is 597 g/mol. The number of nitriles is 1. The van der Waals surface area contributed by atoms with Gasteiger partial charge in [0.15, 0.2) is 0 Å². The highest BCUT2D eigenvalue weighted by molar-refractivity contribution is 8.03. The van der Waals surface area contributed by atoms with Crippen molar-refractivity contribution < 1.29 is 27.5 Å². The number of carbonyl (C=O) groups is 2. The van der Waals surface area contributed by atoms with Crippen molar-refractivity contribution >= 4 is 40.9 Å². The van der Waals surface area contributed by atoms with Crippen LogP contribution in [-0.2, 0) is 27.1 Å². The van der Waals surface area contributed by atoms with Crippen LogP contribution >= 0.6 is 23.4 Å². The summed E-state index contributed by atoms with van der Waals surface area (Å²) in [5, 5.41) is 16.5. The zero-order valence-electron chi connectivity index (χ0n) is 21.6. The highest BCUT2D eigenvalue weighted by Gasteiger charge is 2.36. The van der Waals surface area contributed by atoms with Gasteiger partial charge in [0.1, 0.15) is 6.61 Å².